The molecule has 3 aliphatic rings. The smallest absolute Gasteiger partial charge is 1.00 e. The molecule has 0 heterocycles. The molecule has 48 heavy (non-hydrogen) atoms. The minimum absolute atomic E-state index is 0. The summed E-state index contributed by atoms with van der Waals surface area (Å²) in [6, 6.07) is 27.7. The van der Waals surface area contributed by atoms with Crippen molar-refractivity contribution >= 4 is 60.1 Å². The molecule has 0 aromatic heterocycles. The van der Waals surface area contributed by atoms with Crippen LogP contribution < -0.4 is 24.8 Å². The van der Waals surface area contributed by atoms with E-state index < -0.39 is 0 Å². The van der Waals surface area contributed by atoms with Crippen LogP contribution in [0.25, 0.3) is 33.7 Å². The van der Waals surface area contributed by atoms with Crippen molar-refractivity contribution in [1.82, 2.24) is 0 Å². The van der Waals surface area contributed by atoms with Gasteiger partial charge >= 0.3 is 120 Å². The number of hydrogen-bond acceptors (Lipinski definition) is 0. The van der Waals surface area contributed by atoms with Crippen LogP contribution in [0, 0.1) is 12.0 Å². The second kappa shape index (κ2) is 15.2. The van der Waals surface area contributed by atoms with Gasteiger partial charge in [-0.15, -0.1) is 46.7 Å². The Morgan fingerprint density at radius 2 is 1.19 bits per heavy atom. The number of fused-ring (bicyclic) bond motifs is 5. The van der Waals surface area contributed by atoms with Crippen LogP contribution in [0.3, 0.4) is 0 Å². The molecule has 8 rings (SSSR count). The first-order chi connectivity index (χ1) is 21.8. The van der Waals surface area contributed by atoms with Gasteiger partial charge in [0.05, 0.1) is 0 Å². The van der Waals surface area contributed by atoms with Crippen molar-refractivity contribution in [3.05, 3.63) is 158 Å². The number of hydrogen-bond donors (Lipinski definition) is 0. The Kier molecular flexibility index (Phi) is 12.2. The van der Waals surface area contributed by atoms with E-state index in [2.05, 4.69) is 120 Å². The van der Waals surface area contributed by atoms with Crippen LogP contribution in [0.4, 0.5) is 0 Å². The van der Waals surface area contributed by atoms with Gasteiger partial charge in [0, 0.05) is 10.8 Å². The summed E-state index contributed by atoms with van der Waals surface area (Å²) in [6.45, 7) is 13.4. The molecule has 5 heteroatoms. The van der Waals surface area contributed by atoms with Crippen LogP contribution in [0.15, 0.2) is 109 Å². The molecule has 0 N–H and O–H groups in total. The van der Waals surface area contributed by atoms with Crippen molar-refractivity contribution in [2.75, 3.05) is 0 Å². The third-order valence-corrected chi connectivity index (χ3v) is 11.0. The minimum Gasteiger partial charge on any atom is -1.00 e. The first-order valence-corrected chi connectivity index (χ1v) is 17.8. The van der Waals surface area contributed by atoms with E-state index in [0.717, 1.165) is 21.2 Å². The molecule has 0 saturated heterocycles. The molecule has 0 radical (unpaired) electrons. The van der Waals surface area contributed by atoms with Crippen LogP contribution in [-0.2, 0) is 35.1 Å². The Hall–Kier alpha value is -2.38. The van der Waals surface area contributed by atoms with Gasteiger partial charge in [0.25, 0.3) is 0 Å². The third kappa shape index (κ3) is 8.15. The van der Waals surface area contributed by atoms with Gasteiger partial charge in [0.1, 0.15) is 0 Å². The monoisotopic (exact) mass is 784 g/mol. The van der Waals surface area contributed by atoms with Gasteiger partial charge in [-0.25, -0.2) is 11.6 Å². The zero-order chi connectivity index (χ0) is 32.8. The Morgan fingerprint density at radius 1 is 0.729 bits per heavy atom. The van der Waals surface area contributed by atoms with E-state index >= 15 is 0 Å². The van der Waals surface area contributed by atoms with Crippen molar-refractivity contribution < 1.29 is 49.0 Å². The summed E-state index contributed by atoms with van der Waals surface area (Å²) in [4.78, 5) is 0. The molecular formula is C43H38Cl4Zr-2. The van der Waals surface area contributed by atoms with Crippen LogP contribution in [0.2, 0.25) is 10.0 Å². The summed E-state index contributed by atoms with van der Waals surface area (Å²) in [5, 5.41) is 7.06. The van der Waals surface area contributed by atoms with Gasteiger partial charge in [-0.2, -0.15) is 6.08 Å². The maximum atomic E-state index is 5.98. The molecule has 0 fully saturated rings. The van der Waals surface area contributed by atoms with Crippen LogP contribution in [0.1, 0.15) is 74.9 Å². The van der Waals surface area contributed by atoms with E-state index in [-0.39, 0.29) is 35.6 Å². The predicted octanol–water partition coefficient (Wildman–Crippen LogP) is 6.38. The normalized spacial score (nSPS) is 17.0. The van der Waals surface area contributed by atoms with Crippen LogP contribution >= 0.6 is 23.2 Å². The van der Waals surface area contributed by atoms with Gasteiger partial charge in [-0.3, -0.25) is 6.08 Å². The molecule has 5 aromatic carbocycles. The van der Waals surface area contributed by atoms with E-state index in [1.165, 1.54) is 76.8 Å². The SMILES string of the molecule is CC1(C)C=Cc2cc3c(cc21)[cH-]c1cc2c(cc13)C=CC2(C)C.CC1=CC(C)[C-]=C1.Clc1cccc([C](=[Zr+2])c2cccc(Cl)c2)c1.[Cl-].[Cl-]. The molecule has 0 aliphatic heterocycles. The summed E-state index contributed by atoms with van der Waals surface area (Å²) in [5.74, 6) is 0.556. The van der Waals surface area contributed by atoms with Gasteiger partial charge in [-0.05, 0) is 11.1 Å². The number of rotatable bonds is 2. The quantitative estimate of drug-likeness (QED) is 0.183. The van der Waals surface area contributed by atoms with Gasteiger partial charge < -0.3 is 24.8 Å². The zero-order valence-corrected chi connectivity index (χ0v) is 33.5. The summed E-state index contributed by atoms with van der Waals surface area (Å²) < 4.78 is 1.26. The molecule has 1 atom stereocenters. The largest absolute Gasteiger partial charge is 1.00 e. The standard InChI is InChI=1S/C23H21.C13H8Cl2.C7H9.2ClH.Zr/c1-22(2)7-5-14-10-18-16(12-20(14)22)9-17-13-21-15(11-19(17)18)6-8-23(21,3)4;14-12-5-1-3-10(8-12)7-11-4-2-6-13(15)9-11;1-6-3-4-7(2)5-6;;;/h5-13H,1-4H3;1-6,8-9H;3,5,7H,1-2H3;2*1H;/q-1;;-1;;;+2/p-2. The average molecular weight is 788 g/mol. The Balaban J connectivity index is 0.000000182. The number of benzene rings is 4. The second-order valence-electron chi connectivity index (χ2n) is 13.7. The Labute approximate surface area is 323 Å². The number of allylic oxidation sites excluding steroid dienone is 6. The van der Waals surface area contributed by atoms with Crippen molar-refractivity contribution in [3.8, 4) is 0 Å². The fraction of sp³-hybridized carbons (Fsp3) is 0.209. The fourth-order valence-corrected chi connectivity index (χ4v) is 7.66. The zero-order valence-electron chi connectivity index (χ0n) is 28.1. The maximum Gasteiger partial charge on any atom is -1.00 e. The minimum atomic E-state index is 0. The summed E-state index contributed by atoms with van der Waals surface area (Å²) in [7, 11) is 0. The van der Waals surface area contributed by atoms with Crippen molar-refractivity contribution in [2.24, 2.45) is 5.92 Å². The van der Waals surface area contributed by atoms with E-state index in [4.69, 9.17) is 23.2 Å². The van der Waals surface area contributed by atoms with E-state index in [0.29, 0.717) is 5.92 Å². The molecular weight excluding hydrogens is 750 g/mol. The molecule has 0 bridgehead atoms. The summed E-state index contributed by atoms with van der Waals surface area (Å²) in [5.41, 5.74) is 9.63. The van der Waals surface area contributed by atoms with E-state index in [9.17, 15) is 0 Å². The molecule has 244 valence electrons. The molecule has 3 aliphatic carbocycles. The molecule has 1 unspecified atom stereocenters. The topological polar surface area (TPSA) is 0 Å². The van der Waals surface area contributed by atoms with E-state index in [1.807, 2.05) is 42.5 Å². The predicted molar refractivity (Wildman–Crippen MR) is 198 cm³/mol. The third-order valence-electron chi connectivity index (χ3n) is 9.11. The fourth-order valence-electron chi connectivity index (χ4n) is 6.51. The van der Waals surface area contributed by atoms with Crippen LogP contribution in [-0.4, -0.2) is 3.21 Å². The molecule has 0 amide bonds. The maximum absolute atomic E-state index is 5.98. The van der Waals surface area contributed by atoms with Crippen molar-refractivity contribution in [3.63, 3.8) is 0 Å². The van der Waals surface area contributed by atoms with Crippen molar-refractivity contribution in [1.29, 1.82) is 0 Å². The van der Waals surface area contributed by atoms with Crippen molar-refractivity contribution in [2.45, 2.75) is 52.4 Å². The van der Waals surface area contributed by atoms with Gasteiger partial charge in [-0.1, -0.05) is 88.1 Å². The summed E-state index contributed by atoms with van der Waals surface area (Å²) in [6.07, 6.45) is 16.6. The molecule has 0 nitrogen and oxygen atoms in total. The Bertz CT molecular complexity index is 1990. The summed E-state index contributed by atoms with van der Waals surface area (Å²) >= 11 is 13.3. The first-order valence-electron chi connectivity index (χ1n) is 15.8. The molecule has 0 spiro atoms. The van der Waals surface area contributed by atoms with E-state index in [1.54, 1.807) is 0 Å². The second-order valence-corrected chi connectivity index (χ2v) is 15.8. The Morgan fingerprint density at radius 3 is 1.54 bits per heavy atom. The number of halogens is 4. The average Bonchev–Trinajstić information content (AvgIpc) is 3.74. The van der Waals surface area contributed by atoms with Gasteiger partial charge in [0.2, 0.25) is 0 Å². The molecule has 0 saturated carbocycles. The van der Waals surface area contributed by atoms with Crippen LogP contribution in [0.5, 0.6) is 0 Å². The first kappa shape index (κ1) is 38.4. The molecule has 5 aromatic rings. The van der Waals surface area contributed by atoms with Gasteiger partial charge in [0.15, 0.2) is 0 Å².